The second kappa shape index (κ2) is 8.33. The maximum atomic E-state index is 11.9. The highest BCUT2D eigenvalue weighted by Gasteiger charge is 2.17. The summed E-state index contributed by atoms with van der Waals surface area (Å²) < 4.78 is 0.928. The van der Waals surface area contributed by atoms with E-state index in [1.807, 2.05) is 12.1 Å². The van der Waals surface area contributed by atoms with E-state index in [9.17, 15) is 14.9 Å². The van der Waals surface area contributed by atoms with Crippen LogP contribution in [0.2, 0.25) is 5.02 Å². The highest BCUT2D eigenvalue weighted by atomic mass is 79.9. The molecule has 2 aromatic carbocycles. The van der Waals surface area contributed by atoms with Crippen molar-refractivity contribution in [1.82, 2.24) is 0 Å². The highest BCUT2D eigenvalue weighted by Crippen LogP contribution is 2.35. The summed E-state index contributed by atoms with van der Waals surface area (Å²) in [5, 5.41) is 14.1. The number of rotatable bonds is 6. The minimum atomic E-state index is -0.476. The molecular formula is C15H12BrClN2O3S. The minimum Gasteiger partial charge on any atom is -0.326 e. The van der Waals surface area contributed by atoms with E-state index in [1.165, 1.54) is 23.9 Å². The molecule has 0 radical (unpaired) electrons. The number of anilines is 1. The van der Waals surface area contributed by atoms with Crippen molar-refractivity contribution in [2.75, 3.05) is 11.1 Å². The van der Waals surface area contributed by atoms with Crippen LogP contribution in [0.5, 0.6) is 0 Å². The Morgan fingerprint density at radius 3 is 2.61 bits per heavy atom. The zero-order valence-corrected chi connectivity index (χ0v) is 15.0. The molecule has 0 unspecified atom stereocenters. The number of amides is 1. The number of hydrogen-bond acceptors (Lipinski definition) is 4. The van der Waals surface area contributed by atoms with Crippen molar-refractivity contribution in [3.8, 4) is 0 Å². The molecule has 0 aliphatic carbocycles. The molecule has 0 heterocycles. The van der Waals surface area contributed by atoms with Gasteiger partial charge in [-0.05, 0) is 30.3 Å². The van der Waals surface area contributed by atoms with E-state index < -0.39 is 4.92 Å². The molecule has 1 N–H and O–H groups in total. The molecule has 0 aromatic heterocycles. The summed E-state index contributed by atoms with van der Waals surface area (Å²) in [4.78, 5) is 22.8. The van der Waals surface area contributed by atoms with Crippen LogP contribution in [0.3, 0.4) is 0 Å². The van der Waals surface area contributed by atoms with Crippen LogP contribution in [0.25, 0.3) is 0 Å². The molecule has 0 bridgehead atoms. The Bertz CT molecular complexity index is 725. The van der Waals surface area contributed by atoms with Crippen LogP contribution in [-0.2, 0) is 4.79 Å². The van der Waals surface area contributed by atoms with Crippen molar-refractivity contribution in [2.45, 2.75) is 11.3 Å². The van der Waals surface area contributed by atoms with Crippen molar-refractivity contribution in [2.24, 2.45) is 0 Å². The molecule has 120 valence electrons. The largest absolute Gasteiger partial charge is 0.326 e. The van der Waals surface area contributed by atoms with Gasteiger partial charge < -0.3 is 5.32 Å². The van der Waals surface area contributed by atoms with Crippen molar-refractivity contribution in [3.63, 3.8) is 0 Å². The first-order chi connectivity index (χ1) is 11.0. The number of nitrogens with zero attached hydrogens (tertiary/aromatic N) is 1. The molecular weight excluding hydrogens is 404 g/mol. The summed E-state index contributed by atoms with van der Waals surface area (Å²) in [5.41, 5.74) is 0.655. The molecule has 0 atom stereocenters. The van der Waals surface area contributed by atoms with Gasteiger partial charge in [-0.2, -0.15) is 0 Å². The van der Waals surface area contributed by atoms with Crippen LogP contribution < -0.4 is 5.32 Å². The average molecular weight is 416 g/mol. The Morgan fingerprint density at radius 2 is 1.96 bits per heavy atom. The number of nitro groups is 1. The maximum Gasteiger partial charge on any atom is 0.284 e. The van der Waals surface area contributed by atoms with Crippen LogP contribution >= 0.6 is 39.3 Å². The summed E-state index contributed by atoms with van der Waals surface area (Å²) in [6.45, 7) is 0. The zero-order valence-electron chi connectivity index (χ0n) is 11.8. The smallest absolute Gasteiger partial charge is 0.284 e. The summed E-state index contributed by atoms with van der Waals surface area (Å²) >= 11 is 10.5. The second-order valence-electron chi connectivity index (χ2n) is 4.50. The van der Waals surface area contributed by atoms with Crippen molar-refractivity contribution >= 4 is 56.6 Å². The number of halogens is 2. The van der Waals surface area contributed by atoms with Crippen LogP contribution in [-0.4, -0.2) is 16.6 Å². The first-order valence-corrected chi connectivity index (χ1v) is 8.74. The Hall–Kier alpha value is -1.57. The molecule has 2 rings (SSSR count). The van der Waals surface area contributed by atoms with Crippen molar-refractivity contribution in [3.05, 3.63) is 62.1 Å². The number of carbonyl (C=O) groups excluding carboxylic acids is 1. The van der Waals surface area contributed by atoms with Gasteiger partial charge in [-0.1, -0.05) is 33.6 Å². The second-order valence-corrected chi connectivity index (χ2v) is 6.93. The monoisotopic (exact) mass is 414 g/mol. The lowest BCUT2D eigenvalue weighted by Crippen LogP contribution is -2.12. The lowest BCUT2D eigenvalue weighted by Gasteiger charge is -2.07. The summed E-state index contributed by atoms with van der Waals surface area (Å²) in [5.74, 6) is 0.238. The molecule has 23 heavy (non-hydrogen) atoms. The quantitative estimate of drug-likeness (QED) is 0.403. The molecule has 5 nitrogen and oxygen atoms in total. The van der Waals surface area contributed by atoms with E-state index >= 15 is 0 Å². The molecule has 1 amide bonds. The SMILES string of the molecule is O=C(CCSc1c(Cl)cccc1[N+](=O)[O-])Nc1ccc(Br)cc1. The van der Waals surface area contributed by atoms with Crippen molar-refractivity contribution in [1.29, 1.82) is 0 Å². The van der Waals surface area contributed by atoms with Gasteiger partial charge in [0.15, 0.2) is 0 Å². The third-order valence-electron chi connectivity index (χ3n) is 2.85. The average Bonchev–Trinajstić information content (AvgIpc) is 2.51. The fourth-order valence-electron chi connectivity index (χ4n) is 1.79. The van der Waals surface area contributed by atoms with Gasteiger partial charge in [-0.3, -0.25) is 14.9 Å². The van der Waals surface area contributed by atoms with Gasteiger partial charge in [-0.25, -0.2) is 0 Å². The van der Waals surface area contributed by atoms with Crippen LogP contribution in [0, 0.1) is 10.1 Å². The van der Waals surface area contributed by atoms with Gasteiger partial charge >= 0.3 is 0 Å². The van der Waals surface area contributed by atoms with Crippen LogP contribution in [0.4, 0.5) is 11.4 Å². The number of carbonyl (C=O) groups is 1. The number of nitrogens with one attached hydrogen (secondary N) is 1. The third kappa shape index (κ3) is 5.23. The highest BCUT2D eigenvalue weighted by molar-refractivity contribution is 9.10. The number of hydrogen-bond donors (Lipinski definition) is 1. The minimum absolute atomic E-state index is 0.0455. The van der Waals surface area contributed by atoms with Crippen LogP contribution in [0.15, 0.2) is 51.8 Å². The fourth-order valence-corrected chi connectivity index (χ4v) is 3.37. The predicted molar refractivity (Wildman–Crippen MR) is 96.2 cm³/mol. The molecule has 0 saturated heterocycles. The Balaban J connectivity index is 1.91. The first-order valence-electron chi connectivity index (χ1n) is 6.58. The first kappa shape index (κ1) is 17.8. The van der Waals surface area contributed by atoms with Gasteiger partial charge in [-0.15, -0.1) is 11.8 Å². The lowest BCUT2D eigenvalue weighted by atomic mass is 10.3. The van der Waals surface area contributed by atoms with E-state index in [0.717, 1.165) is 4.47 Å². The number of thioether (sulfide) groups is 1. The topological polar surface area (TPSA) is 72.2 Å². The maximum absolute atomic E-state index is 11.9. The summed E-state index contributed by atoms with van der Waals surface area (Å²) in [6, 6.07) is 11.8. The normalized spacial score (nSPS) is 10.3. The fraction of sp³-hybridized carbons (Fsp3) is 0.133. The Morgan fingerprint density at radius 1 is 1.26 bits per heavy atom. The van der Waals surface area contributed by atoms with Gasteiger partial charge in [0, 0.05) is 28.4 Å². The lowest BCUT2D eigenvalue weighted by molar-refractivity contribution is -0.387. The number of nitro benzene ring substituents is 1. The standard InChI is InChI=1S/C15H12BrClN2O3S/c16-10-4-6-11(7-5-10)18-14(20)8-9-23-15-12(17)2-1-3-13(15)19(21)22/h1-7H,8-9H2,(H,18,20). The Kier molecular flexibility index (Phi) is 6.44. The molecule has 0 aliphatic heterocycles. The van der Waals surface area contributed by atoms with Gasteiger partial charge in [0.05, 0.1) is 9.95 Å². The van der Waals surface area contributed by atoms with Gasteiger partial charge in [0.1, 0.15) is 4.90 Å². The Labute approximate surface area is 150 Å². The van der Waals surface area contributed by atoms with E-state index in [0.29, 0.717) is 21.4 Å². The molecule has 2 aromatic rings. The zero-order chi connectivity index (χ0) is 16.8. The third-order valence-corrected chi connectivity index (χ3v) is 4.93. The molecule has 8 heteroatoms. The summed E-state index contributed by atoms with van der Waals surface area (Å²) in [6.07, 6.45) is 0.225. The van der Waals surface area contributed by atoms with E-state index in [4.69, 9.17) is 11.6 Å². The molecule has 0 aliphatic rings. The molecule has 0 saturated carbocycles. The van der Waals surface area contributed by atoms with E-state index in [2.05, 4.69) is 21.2 Å². The van der Waals surface area contributed by atoms with Gasteiger partial charge in [0.2, 0.25) is 5.91 Å². The summed E-state index contributed by atoms with van der Waals surface area (Å²) in [7, 11) is 0. The van der Waals surface area contributed by atoms with Crippen molar-refractivity contribution < 1.29 is 9.72 Å². The molecule has 0 fully saturated rings. The van der Waals surface area contributed by atoms with Gasteiger partial charge in [0.25, 0.3) is 5.69 Å². The molecule has 0 spiro atoms. The van der Waals surface area contributed by atoms with Crippen LogP contribution in [0.1, 0.15) is 6.42 Å². The van der Waals surface area contributed by atoms with E-state index in [-0.39, 0.29) is 18.0 Å². The predicted octanol–water partition coefficient (Wildman–Crippen LogP) is 5.13. The van der Waals surface area contributed by atoms with E-state index in [1.54, 1.807) is 18.2 Å². The number of benzene rings is 2.